The molecule has 2 aromatic rings. The second-order valence-corrected chi connectivity index (χ2v) is 8.06. The predicted molar refractivity (Wildman–Crippen MR) is 103 cm³/mol. The number of nitrogens with zero attached hydrogens (tertiary/aromatic N) is 1. The molecule has 0 spiro atoms. The van der Waals surface area contributed by atoms with E-state index in [2.05, 4.69) is 5.32 Å². The Bertz CT molecular complexity index is 868. The summed E-state index contributed by atoms with van der Waals surface area (Å²) in [5.74, 6) is -2.78. The molecule has 0 saturated carbocycles. The average molecular weight is 395 g/mol. The van der Waals surface area contributed by atoms with E-state index in [9.17, 15) is 18.0 Å². The van der Waals surface area contributed by atoms with Crippen LogP contribution in [0.1, 0.15) is 6.92 Å². The second kappa shape index (κ2) is 8.82. The molecule has 0 aromatic heterocycles. The number of nitrogens with one attached hydrogen (secondary N) is 1. The highest BCUT2D eigenvalue weighted by Gasteiger charge is 2.24. The van der Waals surface area contributed by atoms with Crippen LogP contribution in [0.25, 0.3) is 0 Å². The first-order valence-electron chi connectivity index (χ1n) is 7.92. The van der Waals surface area contributed by atoms with Gasteiger partial charge in [-0.1, -0.05) is 29.8 Å². The van der Waals surface area contributed by atoms with Crippen LogP contribution in [-0.4, -0.2) is 38.3 Å². The van der Waals surface area contributed by atoms with Crippen molar-refractivity contribution in [2.75, 3.05) is 28.3 Å². The van der Waals surface area contributed by atoms with Crippen molar-refractivity contribution in [1.29, 1.82) is 0 Å². The van der Waals surface area contributed by atoms with E-state index in [0.29, 0.717) is 22.9 Å². The number of halogens is 1. The van der Waals surface area contributed by atoms with Gasteiger partial charge in [0.25, 0.3) is 0 Å². The van der Waals surface area contributed by atoms with E-state index >= 15 is 0 Å². The number of benzene rings is 2. The summed E-state index contributed by atoms with van der Waals surface area (Å²) < 4.78 is 24.4. The van der Waals surface area contributed by atoms with E-state index in [1.807, 2.05) is 0 Å². The Morgan fingerprint density at radius 1 is 1.00 bits per heavy atom. The highest BCUT2D eigenvalue weighted by Crippen LogP contribution is 2.15. The predicted octanol–water partition coefficient (Wildman–Crippen LogP) is 2.75. The lowest BCUT2D eigenvalue weighted by Gasteiger charge is -2.20. The molecular weight excluding hydrogens is 376 g/mol. The van der Waals surface area contributed by atoms with E-state index in [-0.39, 0.29) is 0 Å². The van der Waals surface area contributed by atoms with Crippen LogP contribution < -0.4 is 10.2 Å². The summed E-state index contributed by atoms with van der Waals surface area (Å²) in [6.07, 6.45) is 0. The third-order valence-corrected chi connectivity index (χ3v) is 5.15. The van der Waals surface area contributed by atoms with Gasteiger partial charge >= 0.3 is 0 Å². The van der Waals surface area contributed by atoms with Gasteiger partial charge in [-0.3, -0.25) is 9.59 Å². The fraction of sp³-hybridized carbons (Fsp3) is 0.222. The molecule has 0 aliphatic rings. The number of amides is 2. The number of para-hydroxylation sites is 1. The minimum atomic E-state index is -3.90. The Morgan fingerprint density at radius 3 is 2.19 bits per heavy atom. The summed E-state index contributed by atoms with van der Waals surface area (Å²) in [5, 5.41) is 2.97. The Kier molecular flexibility index (Phi) is 6.76. The van der Waals surface area contributed by atoms with Crippen molar-refractivity contribution in [3.63, 3.8) is 0 Å². The summed E-state index contributed by atoms with van der Waals surface area (Å²) in [6, 6.07) is 15.1. The molecule has 0 bridgehead atoms. The monoisotopic (exact) mass is 394 g/mol. The molecule has 0 fully saturated rings. The average Bonchev–Trinajstić information content (AvgIpc) is 2.57. The molecule has 0 unspecified atom stereocenters. The third kappa shape index (κ3) is 5.86. The van der Waals surface area contributed by atoms with Gasteiger partial charge in [-0.25, -0.2) is 8.42 Å². The van der Waals surface area contributed by atoms with Gasteiger partial charge in [-0.15, -0.1) is 0 Å². The highest BCUT2D eigenvalue weighted by molar-refractivity contribution is 7.92. The molecular formula is C18H19ClN2O4S. The van der Waals surface area contributed by atoms with Gasteiger partial charge in [-0.05, 0) is 43.3 Å². The SMILES string of the molecule is CCN(C(=O)CS(=O)(=O)CC(=O)Nc1ccc(Cl)cc1)c1ccccc1. The maximum atomic E-state index is 12.4. The largest absolute Gasteiger partial charge is 0.325 e. The van der Waals surface area contributed by atoms with Crippen molar-refractivity contribution in [3.05, 3.63) is 59.6 Å². The van der Waals surface area contributed by atoms with Crippen LogP contribution in [0.5, 0.6) is 0 Å². The maximum absolute atomic E-state index is 12.4. The van der Waals surface area contributed by atoms with Crippen LogP contribution in [0.4, 0.5) is 11.4 Å². The summed E-state index contributed by atoms with van der Waals surface area (Å²) in [5.41, 5.74) is 1.04. The van der Waals surface area contributed by atoms with Gasteiger partial charge in [0.1, 0.15) is 11.5 Å². The topological polar surface area (TPSA) is 83.6 Å². The molecule has 2 rings (SSSR count). The molecule has 0 aliphatic carbocycles. The van der Waals surface area contributed by atoms with Gasteiger partial charge in [-0.2, -0.15) is 0 Å². The fourth-order valence-electron chi connectivity index (χ4n) is 2.36. The number of carbonyl (C=O) groups is 2. The van der Waals surface area contributed by atoms with Crippen LogP contribution in [0, 0.1) is 0 Å². The standard InChI is InChI=1S/C18H19ClN2O4S/c1-2-21(16-6-4-3-5-7-16)18(23)13-26(24,25)12-17(22)20-15-10-8-14(19)9-11-15/h3-11H,2,12-13H2,1H3,(H,20,22). The van der Waals surface area contributed by atoms with Gasteiger partial charge in [0.05, 0.1) is 0 Å². The third-order valence-electron chi connectivity index (χ3n) is 3.51. The zero-order chi connectivity index (χ0) is 19.2. The van der Waals surface area contributed by atoms with E-state index in [1.165, 1.54) is 4.90 Å². The van der Waals surface area contributed by atoms with Crippen molar-refractivity contribution in [2.24, 2.45) is 0 Å². The molecule has 0 saturated heterocycles. The van der Waals surface area contributed by atoms with Crippen molar-refractivity contribution in [2.45, 2.75) is 6.92 Å². The number of rotatable bonds is 7. The van der Waals surface area contributed by atoms with Crippen LogP contribution in [-0.2, 0) is 19.4 Å². The summed E-state index contributed by atoms with van der Waals surface area (Å²) in [7, 11) is -3.90. The lowest BCUT2D eigenvalue weighted by atomic mass is 10.3. The first kappa shape index (κ1) is 19.9. The molecule has 2 amide bonds. The molecule has 0 heterocycles. The van der Waals surface area contributed by atoms with Crippen molar-refractivity contribution in [3.8, 4) is 0 Å². The molecule has 138 valence electrons. The zero-order valence-electron chi connectivity index (χ0n) is 14.2. The Hall–Kier alpha value is -2.38. The molecule has 26 heavy (non-hydrogen) atoms. The van der Waals surface area contributed by atoms with Gasteiger partial charge in [0, 0.05) is 22.9 Å². The normalized spacial score (nSPS) is 11.0. The Balaban J connectivity index is 1.99. The smallest absolute Gasteiger partial charge is 0.242 e. The number of sulfone groups is 1. The van der Waals surface area contributed by atoms with Gasteiger partial charge in [0.15, 0.2) is 9.84 Å². The number of carbonyl (C=O) groups excluding carboxylic acids is 2. The second-order valence-electron chi connectivity index (χ2n) is 5.56. The van der Waals surface area contributed by atoms with Crippen LogP contribution >= 0.6 is 11.6 Å². The summed E-state index contributed by atoms with van der Waals surface area (Å²) >= 11 is 5.76. The van der Waals surface area contributed by atoms with E-state index < -0.39 is 33.2 Å². The van der Waals surface area contributed by atoms with Crippen LogP contribution in [0.3, 0.4) is 0 Å². The molecule has 0 radical (unpaired) electrons. The maximum Gasteiger partial charge on any atom is 0.242 e. The number of hydrogen-bond acceptors (Lipinski definition) is 4. The van der Waals surface area contributed by atoms with Gasteiger partial charge < -0.3 is 10.2 Å². The molecule has 0 atom stereocenters. The Labute approximate surface area is 157 Å². The van der Waals surface area contributed by atoms with Gasteiger partial charge in [0.2, 0.25) is 11.8 Å². The van der Waals surface area contributed by atoms with Crippen molar-refractivity contribution < 1.29 is 18.0 Å². The number of hydrogen-bond donors (Lipinski definition) is 1. The molecule has 0 aliphatic heterocycles. The van der Waals surface area contributed by atoms with Crippen molar-refractivity contribution >= 4 is 44.6 Å². The number of anilines is 2. The lowest BCUT2D eigenvalue weighted by molar-refractivity contribution is -0.116. The minimum absolute atomic E-state index is 0.329. The molecule has 6 nitrogen and oxygen atoms in total. The van der Waals surface area contributed by atoms with E-state index in [0.717, 1.165) is 0 Å². The first-order valence-corrected chi connectivity index (χ1v) is 10.1. The summed E-state index contributed by atoms with van der Waals surface area (Å²) in [4.78, 5) is 25.7. The fourth-order valence-corrected chi connectivity index (χ4v) is 3.59. The molecule has 2 aromatic carbocycles. The van der Waals surface area contributed by atoms with E-state index in [4.69, 9.17) is 11.6 Å². The molecule has 8 heteroatoms. The summed E-state index contributed by atoms with van der Waals surface area (Å²) in [6.45, 7) is 2.08. The van der Waals surface area contributed by atoms with Crippen molar-refractivity contribution in [1.82, 2.24) is 0 Å². The minimum Gasteiger partial charge on any atom is -0.325 e. The van der Waals surface area contributed by atoms with E-state index in [1.54, 1.807) is 61.5 Å². The van der Waals surface area contributed by atoms with Crippen LogP contribution in [0.15, 0.2) is 54.6 Å². The first-order chi connectivity index (χ1) is 12.3. The zero-order valence-corrected chi connectivity index (χ0v) is 15.8. The molecule has 1 N–H and O–H groups in total. The van der Waals surface area contributed by atoms with Crippen LogP contribution in [0.2, 0.25) is 5.02 Å². The highest BCUT2D eigenvalue weighted by atomic mass is 35.5. The Morgan fingerprint density at radius 2 is 1.62 bits per heavy atom. The quantitative estimate of drug-likeness (QED) is 0.782. The lowest BCUT2D eigenvalue weighted by Crippen LogP contribution is -2.37.